The number of carboxylic acid groups (broad SMARTS) is 1. The Morgan fingerprint density at radius 1 is 1.26 bits per heavy atom. The Labute approximate surface area is 120 Å². The Morgan fingerprint density at radius 2 is 2.05 bits per heavy atom. The molecule has 19 heavy (non-hydrogen) atoms. The quantitative estimate of drug-likeness (QED) is 0.924. The number of aromatic carboxylic acids is 1. The molecular weight excluding hydrogens is 308 g/mol. The van der Waals surface area contributed by atoms with Gasteiger partial charge in [-0.1, -0.05) is 18.2 Å². The third kappa shape index (κ3) is 3.58. The van der Waals surface area contributed by atoms with Gasteiger partial charge in [0.15, 0.2) is 0 Å². The van der Waals surface area contributed by atoms with Crippen LogP contribution in [0.15, 0.2) is 46.9 Å². The van der Waals surface area contributed by atoms with E-state index in [1.54, 1.807) is 18.2 Å². The minimum Gasteiger partial charge on any atom is -0.488 e. The number of ether oxygens (including phenoxy) is 1. The van der Waals surface area contributed by atoms with Crippen molar-refractivity contribution in [3.05, 3.63) is 63.6 Å². The van der Waals surface area contributed by atoms with Crippen molar-refractivity contribution >= 4 is 21.9 Å². The summed E-state index contributed by atoms with van der Waals surface area (Å²) in [5.74, 6) is -0.190. The second kappa shape index (κ2) is 5.89. The van der Waals surface area contributed by atoms with Crippen molar-refractivity contribution in [2.24, 2.45) is 0 Å². The van der Waals surface area contributed by atoms with Crippen molar-refractivity contribution in [3.63, 3.8) is 0 Å². The molecule has 0 bridgehead atoms. The molecule has 0 saturated carbocycles. The van der Waals surface area contributed by atoms with Gasteiger partial charge in [-0.15, -0.1) is 0 Å². The minimum absolute atomic E-state index is 0.268. The fourth-order valence-electron chi connectivity index (χ4n) is 1.68. The third-order valence-electron chi connectivity index (χ3n) is 2.66. The number of aryl methyl sites for hydroxylation is 1. The zero-order valence-corrected chi connectivity index (χ0v) is 12.0. The van der Waals surface area contributed by atoms with Crippen LogP contribution >= 0.6 is 15.9 Å². The highest BCUT2D eigenvalue weighted by molar-refractivity contribution is 9.10. The Morgan fingerprint density at radius 3 is 2.74 bits per heavy atom. The fraction of sp³-hybridized carbons (Fsp3) is 0.133. The molecule has 2 aromatic carbocycles. The topological polar surface area (TPSA) is 46.5 Å². The molecule has 0 heterocycles. The molecule has 0 saturated heterocycles. The number of benzene rings is 2. The van der Waals surface area contributed by atoms with Gasteiger partial charge in [0.1, 0.15) is 12.4 Å². The van der Waals surface area contributed by atoms with Crippen LogP contribution in [-0.4, -0.2) is 11.1 Å². The highest BCUT2D eigenvalue weighted by atomic mass is 79.9. The summed E-state index contributed by atoms with van der Waals surface area (Å²) in [5, 5.41) is 8.92. The number of hydrogen-bond acceptors (Lipinski definition) is 2. The molecule has 0 amide bonds. The van der Waals surface area contributed by atoms with Crippen LogP contribution in [0.4, 0.5) is 0 Å². The van der Waals surface area contributed by atoms with E-state index >= 15 is 0 Å². The van der Waals surface area contributed by atoms with Gasteiger partial charge in [0.05, 0.1) is 10.0 Å². The smallest absolute Gasteiger partial charge is 0.335 e. The molecule has 1 N–H and O–H groups in total. The van der Waals surface area contributed by atoms with Crippen molar-refractivity contribution in [1.82, 2.24) is 0 Å². The van der Waals surface area contributed by atoms with Gasteiger partial charge >= 0.3 is 5.97 Å². The number of rotatable bonds is 4. The van der Waals surface area contributed by atoms with E-state index in [4.69, 9.17) is 9.84 Å². The molecule has 3 nitrogen and oxygen atoms in total. The molecule has 2 aromatic rings. The fourth-order valence-corrected chi connectivity index (χ4v) is 2.29. The van der Waals surface area contributed by atoms with E-state index in [-0.39, 0.29) is 5.56 Å². The predicted molar refractivity (Wildman–Crippen MR) is 76.6 cm³/mol. The molecule has 0 aliphatic rings. The first-order valence-electron chi connectivity index (χ1n) is 5.77. The van der Waals surface area contributed by atoms with Crippen LogP contribution in [0.3, 0.4) is 0 Å². The highest BCUT2D eigenvalue weighted by Crippen LogP contribution is 2.26. The second-order valence-electron chi connectivity index (χ2n) is 4.23. The lowest BCUT2D eigenvalue weighted by atomic mass is 10.1. The first-order chi connectivity index (χ1) is 9.06. The van der Waals surface area contributed by atoms with Gasteiger partial charge in [-0.3, -0.25) is 0 Å². The Balaban J connectivity index is 2.10. The van der Waals surface area contributed by atoms with E-state index in [2.05, 4.69) is 15.9 Å². The molecule has 98 valence electrons. The zero-order chi connectivity index (χ0) is 13.8. The molecule has 0 unspecified atom stereocenters. The first kappa shape index (κ1) is 13.6. The molecule has 0 aliphatic carbocycles. The van der Waals surface area contributed by atoms with Gasteiger partial charge in [0, 0.05) is 0 Å². The first-order valence-corrected chi connectivity index (χ1v) is 6.57. The molecule has 4 heteroatoms. The van der Waals surface area contributed by atoms with Crippen molar-refractivity contribution in [2.75, 3.05) is 0 Å². The van der Waals surface area contributed by atoms with Gasteiger partial charge in [-0.2, -0.15) is 0 Å². The Bertz CT molecular complexity index is 608. The lowest BCUT2D eigenvalue weighted by molar-refractivity contribution is 0.0696. The minimum atomic E-state index is -0.932. The van der Waals surface area contributed by atoms with Crippen LogP contribution in [-0.2, 0) is 6.61 Å². The van der Waals surface area contributed by atoms with E-state index in [1.165, 1.54) is 0 Å². The summed E-state index contributed by atoms with van der Waals surface area (Å²) in [6.07, 6.45) is 0. The van der Waals surface area contributed by atoms with E-state index in [9.17, 15) is 4.79 Å². The maximum atomic E-state index is 10.9. The maximum Gasteiger partial charge on any atom is 0.335 e. The summed E-state index contributed by atoms with van der Waals surface area (Å²) < 4.78 is 6.56. The van der Waals surface area contributed by atoms with E-state index in [1.807, 2.05) is 31.2 Å². The molecule has 0 atom stereocenters. The third-order valence-corrected chi connectivity index (χ3v) is 3.28. The van der Waals surface area contributed by atoms with Crippen LogP contribution in [0.5, 0.6) is 5.75 Å². The normalized spacial score (nSPS) is 10.2. The van der Waals surface area contributed by atoms with Crippen LogP contribution in [0, 0.1) is 6.92 Å². The summed E-state index contributed by atoms with van der Waals surface area (Å²) in [4.78, 5) is 10.9. The molecule has 0 aliphatic heterocycles. The van der Waals surface area contributed by atoms with Crippen molar-refractivity contribution in [1.29, 1.82) is 0 Å². The predicted octanol–water partition coefficient (Wildman–Crippen LogP) is 4.03. The van der Waals surface area contributed by atoms with E-state index in [0.717, 1.165) is 21.3 Å². The lowest BCUT2D eigenvalue weighted by Gasteiger charge is -2.09. The van der Waals surface area contributed by atoms with E-state index < -0.39 is 5.97 Å². The number of hydrogen-bond donors (Lipinski definition) is 1. The van der Waals surface area contributed by atoms with Crippen molar-refractivity contribution < 1.29 is 14.6 Å². The SMILES string of the molecule is Cc1ccc(OCc2cccc(C(=O)O)c2)c(Br)c1. The van der Waals surface area contributed by atoms with Gasteiger partial charge < -0.3 is 9.84 Å². The average molecular weight is 321 g/mol. The van der Waals surface area contributed by atoms with Gasteiger partial charge in [-0.05, 0) is 58.2 Å². The molecule has 0 spiro atoms. The molecule has 0 fully saturated rings. The average Bonchev–Trinajstić information content (AvgIpc) is 2.38. The summed E-state index contributed by atoms with van der Waals surface area (Å²) in [6.45, 7) is 2.34. The van der Waals surface area contributed by atoms with Gasteiger partial charge in [-0.25, -0.2) is 4.79 Å². The number of halogens is 1. The summed E-state index contributed by atoms with van der Waals surface area (Å²) >= 11 is 3.44. The summed E-state index contributed by atoms with van der Waals surface area (Å²) in [5.41, 5.74) is 2.24. The standard InChI is InChI=1S/C15H13BrO3/c1-10-5-6-14(13(16)7-10)19-9-11-3-2-4-12(8-11)15(17)18/h2-8H,9H2,1H3,(H,17,18). The molecule has 2 rings (SSSR count). The zero-order valence-electron chi connectivity index (χ0n) is 10.4. The second-order valence-corrected chi connectivity index (χ2v) is 5.08. The van der Waals surface area contributed by atoms with Crippen LogP contribution in [0.25, 0.3) is 0 Å². The van der Waals surface area contributed by atoms with Crippen molar-refractivity contribution in [3.8, 4) is 5.75 Å². The summed E-state index contributed by atoms with van der Waals surface area (Å²) in [7, 11) is 0. The number of carboxylic acids is 1. The molecule has 0 aromatic heterocycles. The highest BCUT2D eigenvalue weighted by Gasteiger charge is 2.05. The van der Waals surface area contributed by atoms with Crippen LogP contribution in [0.2, 0.25) is 0 Å². The lowest BCUT2D eigenvalue weighted by Crippen LogP contribution is -2.00. The van der Waals surface area contributed by atoms with Crippen LogP contribution in [0.1, 0.15) is 21.5 Å². The van der Waals surface area contributed by atoms with Gasteiger partial charge in [0.25, 0.3) is 0 Å². The molecular formula is C15H13BrO3. The monoisotopic (exact) mass is 320 g/mol. The maximum absolute atomic E-state index is 10.9. The molecule has 0 radical (unpaired) electrons. The largest absolute Gasteiger partial charge is 0.488 e. The summed E-state index contributed by atoms with van der Waals surface area (Å²) in [6, 6.07) is 12.6. The van der Waals surface area contributed by atoms with Crippen LogP contribution < -0.4 is 4.74 Å². The van der Waals surface area contributed by atoms with E-state index in [0.29, 0.717) is 6.61 Å². The Hall–Kier alpha value is -1.81. The number of carbonyl (C=O) groups is 1. The van der Waals surface area contributed by atoms with Crippen molar-refractivity contribution in [2.45, 2.75) is 13.5 Å². The van der Waals surface area contributed by atoms with Gasteiger partial charge in [0.2, 0.25) is 0 Å². The Kier molecular flexibility index (Phi) is 4.22.